The zero-order chi connectivity index (χ0) is 23.8. The van der Waals surface area contributed by atoms with Crippen LogP contribution in [-0.4, -0.2) is 60.3 Å². The van der Waals surface area contributed by atoms with Gasteiger partial charge in [-0.1, -0.05) is 0 Å². The first-order valence-corrected chi connectivity index (χ1v) is 11.3. The number of pyridine rings is 2. The minimum absolute atomic E-state index is 0.0254. The predicted molar refractivity (Wildman–Crippen MR) is 128 cm³/mol. The Bertz CT molecular complexity index is 1270. The van der Waals surface area contributed by atoms with Crippen molar-refractivity contribution in [3.8, 4) is 22.9 Å². The van der Waals surface area contributed by atoms with Gasteiger partial charge in [0.2, 0.25) is 11.8 Å². The smallest absolute Gasteiger partial charge is 0.414 e. The maximum Gasteiger partial charge on any atom is 0.414 e. The number of nitrogens with one attached hydrogen (secondary N) is 2. The number of likely N-dealkylation sites (tertiary alicyclic amines) is 1. The lowest BCUT2D eigenvalue weighted by Crippen LogP contribution is -2.47. The van der Waals surface area contributed by atoms with E-state index in [4.69, 9.17) is 15.2 Å². The summed E-state index contributed by atoms with van der Waals surface area (Å²) in [6, 6.07) is 3.29. The number of carbonyl (C=O) groups excluding carboxylic acids is 1. The Morgan fingerprint density at radius 1 is 1.32 bits per heavy atom. The van der Waals surface area contributed by atoms with Gasteiger partial charge in [-0.05, 0) is 50.4 Å². The standard InChI is InChI=1S/C24H27FN6O3/c1-13-17(10-29-23-22(13)27-5-7-33-23)16-8-14-9-19(28-11-18(14)21(26)20(16)25)34-24(32)30-15-4-3-6-31(2)12-15/h8-11,15,27H,3-7,12,26H2,1-2H3,(H,30,32)/t15-/m1/s1. The molecule has 0 spiro atoms. The summed E-state index contributed by atoms with van der Waals surface area (Å²) in [6.07, 6.45) is 4.35. The molecule has 3 aromatic rings. The first-order chi connectivity index (χ1) is 16.4. The van der Waals surface area contributed by atoms with Gasteiger partial charge >= 0.3 is 6.09 Å². The van der Waals surface area contributed by atoms with Crippen LogP contribution >= 0.6 is 0 Å². The Balaban J connectivity index is 1.45. The quantitative estimate of drug-likeness (QED) is 0.504. The molecular formula is C24H27FN6O3. The van der Waals surface area contributed by atoms with Gasteiger partial charge in [-0.25, -0.2) is 19.2 Å². The minimum atomic E-state index is -0.566. The summed E-state index contributed by atoms with van der Waals surface area (Å²) in [5, 5.41) is 7.19. The zero-order valence-corrected chi connectivity index (χ0v) is 19.2. The number of fused-ring (bicyclic) bond motifs is 2. The maximum atomic E-state index is 15.3. The molecule has 0 aliphatic carbocycles. The monoisotopic (exact) mass is 466 g/mol. The number of halogens is 1. The number of nitrogens with two attached hydrogens (primary N) is 1. The average molecular weight is 467 g/mol. The fourth-order valence-electron chi connectivity index (χ4n) is 4.60. The van der Waals surface area contributed by atoms with Gasteiger partial charge in [-0.3, -0.25) is 0 Å². The highest BCUT2D eigenvalue weighted by Gasteiger charge is 2.22. The lowest BCUT2D eigenvalue weighted by atomic mass is 9.97. The first-order valence-electron chi connectivity index (χ1n) is 11.3. The number of piperidine rings is 1. The van der Waals surface area contributed by atoms with Crippen LogP contribution in [0, 0.1) is 12.7 Å². The fraction of sp³-hybridized carbons (Fsp3) is 0.375. The number of amides is 1. The molecule has 5 rings (SSSR count). The van der Waals surface area contributed by atoms with E-state index in [1.165, 1.54) is 6.20 Å². The first kappa shape index (κ1) is 22.1. The number of nitrogens with zero attached hydrogens (tertiary/aromatic N) is 3. The number of likely N-dealkylation sites (N-methyl/N-ethyl adjacent to an activating group) is 1. The Morgan fingerprint density at radius 2 is 2.18 bits per heavy atom. The molecule has 2 aromatic heterocycles. The molecular weight excluding hydrogens is 439 g/mol. The van der Waals surface area contributed by atoms with Gasteiger partial charge in [0.25, 0.3) is 0 Å². The summed E-state index contributed by atoms with van der Waals surface area (Å²) < 4.78 is 26.3. The van der Waals surface area contributed by atoms with E-state index in [9.17, 15) is 4.79 Å². The average Bonchev–Trinajstić information content (AvgIpc) is 2.82. The molecule has 1 amide bonds. The third-order valence-electron chi connectivity index (χ3n) is 6.35. The number of hydrogen-bond donors (Lipinski definition) is 3. The van der Waals surface area contributed by atoms with E-state index < -0.39 is 11.9 Å². The van der Waals surface area contributed by atoms with Crippen molar-refractivity contribution in [1.29, 1.82) is 0 Å². The molecule has 0 radical (unpaired) electrons. The molecule has 0 bridgehead atoms. The van der Waals surface area contributed by atoms with Crippen LogP contribution in [0.5, 0.6) is 11.8 Å². The van der Waals surface area contributed by atoms with Crippen LogP contribution in [0.3, 0.4) is 0 Å². The van der Waals surface area contributed by atoms with Crippen molar-refractivity contribution in [3.05, 3.63) is 35.9 Å². The summed E-state index contributed by atoms with van der Waals surface area (Å²) in [6.45, 7) is 4.84. The van der Waals surface area contributed by atoms with Crippen molar-refractivity contribution in [1.82, 2.24) is 20.2 Å². The normalized spacial score (nSPS) is 18.0. The van der Waals surface area contributed by atoms with Gasteiger partial charge < -0.3 is 30.7 Å². The molecule has 4 heterocycles. The number of nitrogen functional groups attached to an aromatic ring is 1. The molecule has 2 aliphatic rings. The van der Waals surface area contributed by atoms with Gasteiger partial charge in [0.15, 0.2) is 5.82 Å². The topological polar surface area (TPSA) is 115 Å². The highest BCUT2D eigenvalue weighted by Crippen LogP contribution is 2.39. The summed E-state index contributed by atoms with van der Waals surface area (Å²) in [4.78, 5) is 23.1. The molecule has 10 heteroatoms. The zero-order valence-electron chi connectivity index (χ0n) is 19.2. The Labute approximate surface area is 196 Å². The van der Waals surface area contributed by atoms with E-state index in [2.05, 4.69) is 25.5 Å². The second-order valence-corrected chi connectivity index (χ2v) is 8.78. The Hall–Kier alpha value is -3.66. The number of anilines is 2. The maximum absolute atomic E-state index is 15.3. The van der Waals surface area contributed by atoms with Crippen LogP contribution in [0.25, 0.3) is 21.9 Å². The number of ether oxygens (including phenoxy) is 2. The number of rotatable bonds is 3. The van der Waals surface area contributed by atoms with Crippen molar-refractivity contribution >= 4 is 28.2 Å². The van der Waals surface area contributed by atoms with E-state index in [0.717, 1.165) is 37.2 Å². The number of carbonyl (C=O) groups is 1. The lowest BCUT2D eigenvalue weighted by molar-refractivity contribution is 0.177. The number of aromatic nitrogens is 2. The van der Waals surface area contributed by atoms with Gasteiger partial charge in [0, 0.05) is 54.1 Å². The number of benzene rings is 1. The largest absolute Gasteiger partial charge is 0.474 e. The molecule has 9 nitrogen and oxygen atoms in total. The Morgan fingerprint density at radius 3 is 3.00 bits per heavy atom. The van der Waals surface area contributed by atoms with Crippen LogP contribution in [0.2, 0.25) is 0 Å². The fourth-order valence-corrected chi connectivity index (χ4v) is 4.60. The van der Waals surface area contributed by atoms with Crippen LogP contribution in [0.15, 0.2) is 24.5 Å². The molecule has 0 unspecified atom stereocenters. The van der Waals surface area contributed by atoms with E-state index >= 15 is 4.39 Å². The molecule has 1 aromatic carbocycles. The van der Waals surface area contributed by atoms with E-state index in [1.807, 2.05) is 14.0 Å². The van der Waals surface area contributed by atoms with E-state index in [1.54, 1.807) is 18.3 Å². The number of hydrogen-bond acceptors (Lipinski definition) is 8. The van der Waals surface area contributed by atoms with E-state index in [-0.39, 0.29) is 17.6 Å². The highest BCUT2D eigenvalue weighted by molar-refractivity contribution is 5.98. The summed E-state index contributed by atoms with van der Waals surface area (Å²) >= 11 is 0. The summed E-state index contributed by atoms with van der Waals surface area (Å²) in [5.74, 6) is 0.0573. The molecule has 2 aliphatic heterocycles. The van der Waals surface area contributed by atoms with Gasteiger partial charge in [-0.2, -0.15) is 0 Å². The molecule has 1 saturated heterocycles. The van der Waals surface area contributed by atoms with Gasteiger partial charge in [0.1, 0.15) is 12.3 Å². The molecule has 1 fully saturated rings. The molecule has 4 N–H and O–H groups in total. The van der Waals surface area contributed by atoms with Crippen LogP contribution in [0.1, 0.15) is 18.4 Å². The van der Waals surface area contributed by atoms with Crippen molar-refractivity contribution in [2.75, 3.05) is 44.3 Å². The van der Waals surface area contributed by atoms with Crippen molar-refractivity contribution < 1.29 is 18.7 Å². The van der Waals surface area contributed by atoms with Gasteiger partial charge in [-0.15, -0.1) is 0 Å². The van der Waals surface area contributed by atoms with Crippen molar-refractivity contribution in [3.63, 3.8) is 0 Å². The molecule has 0 saturated carbocycles. The van der Waals surface area contributed by atoms with Crippen LogP contribution in [-0.2, 0) is 0 Å². The highest BCUT2D eigenvalue weighted by atomic mass is 19.1. The minimum Gasteiger partial charge on any atom is -0.474 e. The SMILES string of the molecule is Cc1c(-c2cc3cc(OC(=O)N[C@@H]4CCCN(C)C4)ncc3c(N)c2F)cnc2c1NCCO2. The van der Waals surface area contributed by atoms with E-state index in [0.29, 0.717) is 40.9 Å². The lowest BCUT2D eigenvalue weighted by Gasteiger charge is -2.29. The van der Waals surface area contributed by atoms with Crippen LogP contribution < -0.4 is 25.8 Å². The van der Waals surface area contributed by atoms with Crippen molar-refractivity contribution in [2.45, 2.75) is 25.8 Å². The molecule has 1 atom stereocenters. The van der Waals surface area contributed by atoms with Crippen LogP contribution in [0.4, 0.5) is 20.6 Å². The third kappa shape index (κ3) is 4.16. The summed E-state index contributed by atoms with van der Waals surface area (Å²) in [5.41, 5.74) is 8.56. The Kier molecular flexibility index (Phi) is 5.82. The molecule has 34 heavy (non-hydrogen) atoms. The predicted octanol–water partition coefficient (Wildman–Crippen LogP) is 3.31. The third-order valence-corrected chi connectivity index (χ3v) is 6.35. The second kappa shape index (κ2) is 8.94. The van der Waals surface area contributed by atoms with Gasteiger partial charge in [0.05, 0.1) is 5.69 Å². The molecule has 178 valence electrons. The summed E-state index contributed by atoms with van der Waals surface area (Å²) in [7, 11) is 2.02. The van der Waals surface area contributed by atoms with Crippen molar-refractivity contribution in [2.24, 2.45) is 0 Å². The second-order valence-electron chi connectivity index (χ2n) is 8.78.